The number of carbonyl (C=O) groups excluding carboxylic acids is 2. The molecule has 0 saturated heterocycles. The molecule has 18 heavy (non-hydrogen) atoms. The van der Waals surface area contributed by atoms with Crippen LogP contribution >= 0.6 is 0 Å². The summed E-state index contributed by atoms with van der Waals surface area (Å²) in [5.74, 6) is -1.62. The van der Waals surface area contributed by atoms with Gasteiger partial charge in [-0.25, -0.2) is 4.79 Å². The van der Waals surface area contributed by atoms with Crippen LogP contribution in [0.5, 0.6) is 0 Å². The maximum atomic E-state index is 11.4. The van der Waals surface area contributed by atoms with Gasteiger partial charge in [0.25, 0.3) is 0 Å². The van der Waals surface area contributed by atoms with Gasteiger partial charge in [-0.15, -0.1) is 0 Å². The van der Waals surface area contributed by atoms with Gasteiger partial charge in [0.05, 0.1) is 0 Å². The van der Waals surface area contributed by atoms with E-state index in [4.69, 9.17) is 5.11 Å². The van der Waals surface area contributed by atoms with Crippen LogP contribution in [0.2, 0.25) is 0 Å². The van der Waals surface area contributed by atoms with Crippen molar-refractivity contribution in [2.24, 2.45) is 0 Å². The molecule has 0 aliphatic heterocycles. The van der Waals surface area contributed by atoms with E-state index in [0.717, 1.165) is 12.8 Å². The Morgan fingerprint density at radius 1 is 1.17 bits per heavy atom. The minimum absolute atomic E-state index is 0.102. The number of unbranched alkanes of at least 4 members (excludes halogenated alkanes) is 1. The van der Waals surface area contributed by atoms with Crippen LogP contribution in [-0.4, -0.2) is 35.5 Å². The number of amides is 2. The fourth-order valence-electron chi connectivity index (χ4n) is 1.32. The lowest BCUT2D eigenvalue weighted by atomic mass is 10.1. The second-order valence-corrected chi connectivity index (χ2v) is 4.05. The van der Waals surface area contributed by atoms with Crippen LogP contribution in [0.15, 0.2) is 0 Å². The molecule has 104 valence electrons. The average Bonchev–Trinajstić information content (AvgIpc) is 2.34. The number of carboxylic acid groups (broad SMARTS) is 1. The Balaban J connectivity index is 3.99. The molecule has 0 saturated carbocycles. The number of hydrogen-bond donors (Lipinski definition) is 3. The van der Waals surface area contributed by atoms with Crippen LogP contribution in [-0.2, 0) is 14.4 Å². The van der Waals surface area contributed by atoms with E-state index in [0.29, 0.717) is 6.54 Å². The molecule has 0 aromatic carbocycles. The van der Waals surface area contributed by atoms with Crippen molar-refractivity contribution in [1.82, 2.24) is 10.6 Å². The largest absolute Gasteiger partial charge is 0.480 e. The molecule has 0 fully saturated rings. The molecule has 0 rings (SSSR count). The van der Waals surface area contributed by atoms with Crippen LogP contribution < -0.4 is 10.6 Å². The van der Waals surface area contributed by atoms with E-state index in [2.05, 4.69) is 10.6 Å². The van der Waals surface area contributed by atoms with Gasteiger partial charge >= 0.3 is 5.97 Å². The highest BCUT2D eigenvalue weighted by molar-refractivity contribution is 5.84. The van der Waals surface area contributed by atoms with Gasteiger partial charge in [-0.05, 0) is 12.8 Å². The molecule has 6 nitrogen and oxygen atoms in total. The Kier molecular flexibility index (Phi) is 8.61. The van der Waals surface area contributed by atoms with E-state index >= 15 is 0 Å². The summed E-state index contributed by atoms with van der Waals surface area (Å²) >= 11 is 0. The standard InChI is InChI=1S/C12H22N2O4/c1-3-5-8-13-11(16)7-6-9(12(17)18)14-10(15)4-2/h9H,3-8H2,1-2H3,(H,13,16)(H,14,15)(H,17,18)/t9-/m0/s1. The van der Waals surface area contributed by atoms with Crippen molar-refractivity contribution in [2.45, 2.75) is 52.0 Å². The fraction of sp³-hybridized carbons (Fsp3) is 0.750. The van der Waals surface area contributed by atoms with Crippen molar-refractivity contribution in [3.8, 4) is 0 Å². The first-order valence-electron chi connectivity index (χ1n) is 6.30. The summed E-state index contributed by atoms with van der Waals surface area (Å²) < 4.78 is 0. The zero-order chi connectivity index (χ0) is 14.0. The number of nitrogens with one attached hydrogen (secondary N) is 2. The summed E-state index contributed by atoms with van der Waals surface area (Å²) in [6.45, 7) is 4.27. The minimum Gasteiger partial charge on any atom is -0.480 e. The van der Waals surface area contributed by atoms with Gasteiger partial charge < -0.3 is 15.7 Å². The average molecular weight is 258 g/mol. The van der Waals surface area contributed by atoms with E-state index in [1.54, 1.807) is 6.92 Å². The Bertz CT molecular complexity index is 292. The number of aliphatic carboxylic acids is 1. The van der Waals surface area contributed by atoms with Crippen LogP contribution in [0, 0.1) is 0 Å². The SMILES string of the molecule is CCCCNC(=O)CC[C@H](NC(=O)CC)C(=O)O. The predicted molar refractivity (Wildman–Crippen MR) is 67.0 cm³/mol. The molecular weight excluding hydrogens is 236 g/mol. The summed E-state index contributed by atoms with van der Waals surface area (Å²) in [4.78, 5) is 33.4. The van der Waals surface area contributed by atoms with Crippen LogP contribution in [0.25, 0.3) is 0 Å². The lowest BCUT2D eigenvalue weighted by Gasteiger charge is -2.13. The van der Waals surface area contributed by atoms with Crippen molar-refractivity contribution in [3.63, 3.8) is 0 Å². The van der Waals surface area contributed by atoms with Gasteiger partial charge in [0.2, 0.25) is 11.8 Å². The Labute approximate surface area is 107 Å². The molecule has 6 heteroatoms. The molecule has 0 aliphatic carbocycles. The predicted octanol–water partition coefficient (Wildman–Crippen LogP) is 0.662. The molecule has 0 heterocycles. The second kappa shape index (κ2) is 9.44. The molecule has 0 aromatic rings. The zero-order valence-electron chi connectivity index (χ0n) is 11.0. The Morgan fingerprint density at radius 3 is 2.33 bits per heavy atom. The first-order valence-corrected chi connectivity index (χ1v) is 6.30. The zero-order valence-corrected chi connectivity index (χ0v) is 11.0. The number of carbonyl (C=O) groups is 3. The Hall–Kier alpha value is -1.59. The molecule has 0 aliphatic rings. The van der Waals surface area contributed by atoms with Crippen LogP contribution in [0.4, 0.5) is 0 Å². The molecule has 1 atom stereocenters. The van der Waals surface area contributed by atoms with Crippen molar-refractivity contribution in [2.75, 3.05) is 6.54 Å². The van der Waals surface area contributed by atoms with E-state index in [-0.39, 0.29) is 31.1 Å². The van der Waals surface area contributed by atoms with E-state index in [1.807, 2.05) is 6.92 Å². The third-order valence-electron chi connectivity index (χ3n) is 2.47. The third-order valence-corrected chi connectivity index (χ3v) is 2.47. The second-order valence-electron chi connectivity index (χ2n) is 4.05. The van der Waals surface area contributed by atoms with Gasteiger partial charge in [-0.3, -0.25) is 9.59 Å². The smallest absolute Gasteiger partial charge is 0.326 e. The minimum atomic E-state index is -1.11. The topological polar surface area (TPSA) is 95.5 Å². The van der Waals surface area contributed by atoms with Gasteiger partial charge in [0, 0.05) is 19.4 Å². The summed E-state index contributed by atoms with van der Waals surface area (Å²) in [5.41, 5.74) is 0. The third kappa shape index (κ3) is 7.65. The molecule has 0 aromatic heterocycles. The number of rotatable bonds is 9. The van der Waals surface area contributed by atoms with Gasteiger partial charge in [0.15, 0.2) is 0 Å². The van der Waals surface area contributed by atoms with Crippen LogP contribution in [0.3, 0.4) is 0 Å². The lowest BCUT2D eigenvalue weighted by molar-refractivity contribution is -0.142. The monoisotopic (exact) mass is 258 g/mol. The van der Waals surface area contributed by atoms with Crippen molar-refractivity contribution in [1.29, 1.82) is 0 Å². The van der Waals surface area contributed by atoms with Gasteiger partial charge in [0.1, 0.15) is 6.04 Å². The highest BCUT2D eigenvalue weighted by atomic mass is 16.4. The highest BCUT2D eigenvalue weighted by Crippen LogP contribution is 1.99. The molecule has 0 bridgehead atoms. The molecular formula is C12H22N2O4. The van der Waals surface area contributed by atoms with Gasteiger partial charge in [-0.1, -0.05) is 20.3 Å². The number of hydrogen-bond acceptors (Lipinski definition) is 3. The lowest BCUT2D eigenvalue weighted by Crippen LogP contribution is -2.41. The Morgan fingerprint density at radius 2 is 1.83 bits per heavy atom. The van der Waals surface area contributed by atoms with E-state index < -0.39 is 12.0 Å². The summed E-state index contributed by atoms with van der Waals surface area (Å²) in [6.07, 6.45) is 2.33. The molecule has 0 unspecified atom stereocenters. The van der Waals surface area contributed by atoms with E-state index in [9.17, 15) is 14.4 Å². The molecule has 0 spiro atoms. The molecule has 3 N–H and O–H groups in total. The molecule has 0 radical (unpaired) electrons. The van der Waals surface area contributed by atoms with Gasteiger partial charge in [-0.2, -0.15) is 0 Å². The van der Waals surface area contributed by atoms with Crippen molar-refractivity contribution in [3.05, 3.63) is 0 Å². The maximum Gasteiger partial charge on any atom is 0.326 e. The summed E-state index contributed by atoms with van der Waals surface area (Å²) in [7, 11) is 0. The van der Waals surface area contributed by atoms with Crippen LogP contribution in [0.1, 0.15) is 46.0 Å². The highest BCUT2D eigenvalue weighted by Gasteiger charge is 2.19. The van der Waals surface area contributed by atoms with E-state index in [1.165, 1.54) is 0 Å². The van der Waals surface area contributed by atoms with Crippen molar-refractivity contribution >= 4 is 17.8 Å². The summed E-state index contributed by atoms with van der Waals surface area (Å²) in [5, 5.41) is 14.0. The quantitative estimate of drug-likeness (QED) is 0.529. The fourth-order valence-corrected chi connectivity index (χ4v) is 1.32. The summed E-state index contributed by atoms with van der Waals surface area (Å²) in [6, 6.07) is -0.991. The van der Waals surface area contributed by atoms with Crippen molar-refractivity contribution < 1.29 is 19.5 Å². The number of carboxylic acids is 1. The first-order chi connectivity index (χ1) is 8.51. The maximum absolute atomic E-state index is 11.4. The molecule has 2 amide bonds. The first kappa shape index (κ1) is 16.4. The normalized spacial score (nSPS) is 11.7.